The van der Waals surface area contributed by atoms with Gasteiger partial charge in [0.25, 0.3) is 0 Å². The van der Waals surface area contributed by atoms with Gasteiger partial charge in [0.05, 0.1) is 19.8 Å². The number of carbonyl (C=O) groups is 1. The number of ketones is 1. The molecule has 0 saturated carbocycles. The van der Waals surface area contributed by atoms with Crippen molar-refractivity contribution in [2.75, 3.05) is 13.2 Å². The predicted octanol–water partition coefficient (Wildman–Crippen LogP) is 7.91. The third-order valence-electron chi connectivity index (χ3n) is 6.11. The van der Waals surface area contributed by atoms with Crippen LogP contribution in [0.25, 0.3) is 0 Å². The van der Waals surface area contributed by atoms with Crippen LogP contribution in [0.4, 0.5) is 0 Å². The van der Waals surface area contributed by atoms with Gasteiger partial charge < -0.3 is 9.47 Å². The van der Waals surface area contributed by atoms with E-state index in [1.165, 1.54) is 16.7 Å². The van der Waals surface area contributed by atoms with Gasteiger partial charge in [-0.15, -0.1) is 0 Å². The molecular weight excluding hydrogens is 432 g/mol. The first-order valence-corrected chi connectivity index (χ1v) is 12.2. The Morgan fingerprint density at radius 3 is 2.31 bits per heavy atom. The number of carbonyl (C=O) groups excluding carboxylic acids is 1. The Balaban J connectivity index is 0.00000432. The fourth-order valence-electron chi connectivity index (χ4n) is 4.01. The molecule has 0 radical (unpaired) electrons. The summed E-state index contributed by atoms with van der Waals surface area (Å²) in [6.07, 6.45) is 11.1. The summed E-state index contributed by atoms with van der Waals surface area (Å²) in [4.78, 5) is 12.5. The topological polar surface area (TPSA) is 35.5 Å². The van der Waals surface area contributed by atoms with Crippen LogP contribution in [0.15, 0.2) is 90.0 Å². The SMILES string of the molecule is C.CC(=O)C(Cc1ccc(OCCCOCc2ccccc2)cc1)C1=CC=C(C(C)(C)C)C=CC1. The summed E-state index contributed by atoms with van der Waals surface area (Å²) in [7, 11) is 0. The molecule has 0 bridgehead atoms. The summed E-state index contributed by atoms with van der Waals surface area (Å²) in [5, 5.41) is 0. The van der Waals surface area contributed by atoms with Crippen molar-refractivity contribution in [1.82, 2.24) is 0 Å². The summed E-state index contributed by atoms with van der Waals surface area (Å²) in [5.74, 6) is 0.956. The monoisotopic (exact) mass is 474 g/mol. The van der Waals surface area contributed by atoms with Crippen molar-refractivity contribution in [1.29, 1.82) is 0 Å². The van der Waals surface area contributed by atoms with Crippen molar-refractivity contribution in [3.05, 3.63) is 101 Å². The molecule has 1 atom stereocenters. The van der Waals surface area contributed by atoms with E-state index in [-0.39, 0.29) is 24.5 Å². The Morgan fingerprint density at radius 1 is 0.943 bits per heavy atom. The third-order valence-corrected chi connectivity index (χ3v) is 6.11. The standard InChI is InChI=1S/C31H38O3.CH4/c1-24(32)30(27-12-8-13-28(17-16-27)31(2,3)4)22-25-14-18-29(19-15-25)34-21-9-20-33-23-26-10-6-5-7-11-26;/h5-8,10-11,13-19,30H,9,12,20-23H2,1-4H3;1H4. The lowest BCUT2D eigenvalue weighted by Gasteiger charge is -2.19. The zero-order valence-electron chi connectivity index (χ0n) is 21.1. The molecule has 2 aromatic rings. The van der Waals surface area contributed by atoms with Crippen LogP contribution in [0.2, 0.25) is 0 Å². The minimum absolute atomic E-state index is 0. The van der Waals surface area contributed by atoms with Crippen molar-refractivity contribution in [3.8, 4) is 5.75 Å². The van der Waals surface area contributed by atoms with Gasteiger partial charge in [-0.3, -0.25) is 4.79 Å². The van der Waals surface area contributed by atoms with Crippen LogP contribution in [0.3, 0.4) is 0 Å². The molecule has 0 aliphatic heterocycles. The number of hydrogen-bond acceptors (Lipinski definition) is 3. The fraction of sp³-hybridized carbons (Fsp3) is 0.406. The van der Waals surface area contributed by atoms with E-state index in [0.717, 1.165) is 24.2 Å². The van der Waals surface area contributed by atoms with Crippen LogP contribution in [-0.2, 0) is 22.6 Å². The smallest absolute Gasteiger partial charge is 0.137 e. The van der Waals surface area contributed by atoms with Gasteiger partial charge in [0.15, 0.2) is 0 Å². The number of ether oxygens (including phenoxy) is 2. The summed E-state index contributed by atoms with van der Waals surface area (Å²) in [6, 6.07) is 18.3. The van der Waals surface area contributed by atoms with E-state index in [0.29, 0.717) is 26.2 Å². The molecule has 1 unspecified atom stereocenters. The van der Waals surface area contributed by atoms with Crippen molar-refractivity contribution in [2.45, 2.75) is 61.0 Å². The van der Waals surface area contributed by atoms with Crippen LogP contribution < -0.4 is 4.74 Å². The molecular formula is C32H42O3. The maximum absolute atomic E-state index is 12.5. The highest BCUT2D eigenvalue weighted by Crippen LogP contribution is 2.31. The third kappa shape index (κ3) is 9.33. The lowest BCUT2D eigenvalue weighted by Crippen LogP contribution is -2.16. The number of rotatable bonds is 11. The second-order valence-electron chi connectivity index (χ2n) is 9.97. The molecule has 0 fully saturated rings. The first kappa shape index (κ1) is 28.3. The van der Waals surface area contributed by atoms with Crippen molar-refractivity contribution < 1.29 is 14.3 Å². The van der Waals surface area contributed by atoms with Crippen molar-refractivity contribution >= 4 is 5.78 Å². The van der Waals surface area contributed by atoms with Crippen LogP contribution in [-0.4, -0.2) is 19.0 Å². The van der Waals surface area contributed by atoms with Crippen LogP contribution >= 0.6 is 0 Å². The molecule has 0 amide bonds. The maximum atomic E-state index is 12.5. The van der Waals surface area contributed by atoms with Gasteiger partial charge in [-0.2, -0.15) is 0 Å². The fourth-order valence-corrected chi connectivity index (χ4v) is 4.01. The van der Waals surface area contributed by atoms with E-state index < -0.39 is 0 Å². The Morgan fingerprint density at radius 2 is 1.66 bits per heavy atom. The molecule has 3 heteroatoms. The Labute approximate surface area is 212 Å². The Bertz CT molecular complexity index is 1010. The van der Waals surface area contributed by atoms with E-state index in [1.54, 1.807) is 6.92 Å². The normalized spacial score (nSPS) is 14.3. The highest BCUT2D eigenvalue weighted by Gasteiger charge is 2.21. The molecule has 3 nitrogen and oxygen atoms in total. The summed E-state index contributed by atoms with van der Waals surface area (Å²) < 4.78 is 11.6. The first-order chi connectivity index (χ1) is 16.3. The summed E-state index contributed by atoms with van der Waals surface area (Å²) >= 11 is 0. The Kier molecular flexibility index (Phi) is 11.2. The molecule has 1 aliphatic carbocycles. The lowest BCUT2D eigenvalue weighted by molar-refractivity contribution is -0.119. The molecule has 0 spiro atoms. The molecule has 0 heterocycles. The van der Waals surface area contributed by atoms with Crippen molar-refractivity contribution in [3.63, 3.8) is 0 Å². The largest absolute Gasteiger partial charge is 0.494 e. The molecule has 0 saturated heterocycles. The molecule has 0 N–H and O–H groups in total. The Hall–Kier alpha value is -2.91. The van der Waals surface area contributed by atoms with Gasteiger partial charge in [0.2, 0.25) is 0 Å². The van der Waals surface area contributed by atoms with E-state index in [4.69, 9.17) is 9.47 Å². The molecule has 188 valence electrons. The van der Waals surface area contributed by atoms with Gasteiger partial charge in [-0.1, -0.05) is 101 Å². The quantitative estimate of drug-likeness (QED) is 0.310. The zero-order chi connectivity index (χ0) is 24.4. The molecule has 1 aliphatic rings. The second-order valence-corrected chi connectivity index (χ2v) is 9.97. The summed E-state index contributed by atoms with van der Waals surface area (Å²) in [6.45, 7) is 10.3. The van der Waals surface area contributed by atoms with E-state index in [9.17, 15) is 4.79 Å². The summed E-state index contributed by atoms with van der Waals surface area (Å²) in [5.41, 5.74) is 4.89. The predicted molar refractivity (Wildman–Crippen MR) is 147 cm³/mol. The van der Waals surface area contributed by atoms with E-state index >= 15 is 0 Å². The van der Waals surface area contributed by atoms with Crippen molar-refractivity contribution in [2.24, 2.45) is 11.3 Å². The number of Topliss-reactive ketones (excluding diaryl/α,β-unsaturated/α-hetero) is 1. The minimum atomic E-state index is -0.103. The second kappa shape index (κ2) is 13.8. The molecule has 0 aromatic heterocycles. The molecule has 3 rings (SSSR count). The van der Waals surface area contributed by atoms with Gasteiger partial charge in [-0.25, -0.2) is 0 Å². The van der Waals surface area contributed by atoms with Gasteiger partial charge in [0, 0.05) is 12.3 Å². The van der Waals surface area contributed by atoms with Gasteiger partial charge in [-0.05, 0) is 54.0 Å². The number of hydrogen-bond donors (Lipinski definition) is 0. The maximum Gasteiger partial charge on any atom is 0.137 e. The average Bonchev–Trinajstić information content (AvgIpc) is 3.07. The van der Waals surface area contributed by atoms with Crippen LogP contribution in [0, 0.1) is 11.3 Å². The first-order valence-electron chi connectivity index (χ1n) is 12.2. The average molecular weight is 475 g/mol. The minimum Gasteiger partial charge on any atom is -0.494 e. The highest BCUT2D eigenvalue weighted by molar-refractivity contribution is 5.81. The lowest BCUT2D eigenvalue weighted by atomic mass is 9.86. The van der Waals surface area contributed by atoms with E-state index in [1.807, 2.05) is 30.3 Å². The number of benzene rings is 2. The van der Waals surface area contributed by atoms with Gasteiger partial charge in [0.1, 0.15) is 11.5 Å². The van der Waals surface area contributed by atoms with Gasteiger partial charge >= 0.3 is 0 Å². The zero-order valence-corrected chi connectivity index (χ0v) is 21.1. The molecule has 35 heavy (non-hydrogen) atoms. The molecule has 2 aromatic carbocycles. The van der Waals surface area contributed by atoms with E-state index in [2.05, 4.69) is 69.3 Å². The van der Waals surface area contributed by atoms with Crippen LogP contribution in [0.1, 0.15) is 59.1 Å². The number of allylic oxidation sites excluding steroid dienone is 6. The van der Waals surface area contributed by atoms with Crippen LogP contribution in [0.5, 0.6) is 5.75 Å². The highest BCUT2D eigenvalue weighted by atomic mass is 16.5.